The van der Waals surface area contributed by atoms with Crippen LogP contribution in [0.5, 0.6) is 0 Å². The van der Waals surface area contributed by atoms with Gasteiger partial charge in [-0.25, -0.2) is 21.4 Å². The van der Waals surface area contributed by atoms with Crippen molar-refractivity contribution in [3.8, 4) is 11.3 Å². The summed E-state index contributed by atoms with van der Waals surface area (Å²) in [5.74, 6) is 0.152. The first-order valence-corrected chi connectivity index (χ1v) is 19.8. The Morgan fingerprint density at radius 2 is 1.72 bits per heavy atom. The number of rotatable bonds is 14. The van der Waals surface area contributed by atoms with E-state index in [1.54, 1.807) is 6.07 Å². The zero-order chi connectivity index (χ0) is 37.1. The minimum Gasteiger partial charge on any atom is -0.748 e. The molecule has 0 aromatic heterocycles. The van der Waals surface area contributed by atoms with Crippen molar-refractivity contribution in [1.29, 1.82) is 0 Å². The van der Waals surface area contributed by atoms with Crippen LogP contribution >= 0.6 is 0 Å². The van der Waals surface area contributed by atoms with Gasteiger partial charge in [0, 0.05) is 59.0 Å². The molecular weight excluding hydrogens is 681 g/mol. The molecule has 50 heavy (non-hydrogen) atoms. The van der Waals surface area contributed by atoms with Crippen molar-refractivity contribution >= 4 is 38.0 Å². The third kappa shape index (κ3) is 9.51. The first kappa shape index (κ1) is 39.0. The molecule has 1 aromatic carbocycles. The summed E-state index contributed by atoms with van der Waals surface area (Å²) in [6.07, 6.45) is 8.22. The molecule has 0 amide bonds. The maximum absolute atomic E-state index is 11.9. The van der Waals surface area contributed by atoms with Crippen molar-refractivity contribution in [2.24, 2.45) is 0 Å². The van der Waals surface area contributed by atoms with Crippen LogP contribution in [0.1, 0.15) is 90.5 Å². The van der Waals surface area contributed by atoms with E-state index in [2.05, 4.69) is 25.7 Å². The van der Waals surface area contributed by atoms with E-state index in [1.165, 1.54) is 12.1 Å². The highest BCUT2D eigenvalue weighted by atomic mass is 32.2. The molecule has 2 aliphatic heterocycles. The van der Waals surface area contributed by atoms with Gasteiger partial charge in [0.05, 0.1) is 21.1 Å². The zero-order valence-electron chi connectivity index (χ0n) is 29.6. The maximum Gasteiger partial charge on any atom is 0.303 e. The van der Waals surface area contributed by atoms with Crippen LogP contribution in [-0.2, 0) is 35.9 Å². The normalized spacial score (nSPS) is 16.4. The van der Waals surface area contributed by atoms with E-state index in [0.29, 0.717) is 38.2 Å². The van der Waals surface area contributed by atoms with E-state index in [-0.39, 0.29) is 23.2 Å². The van der Waals surface area contributed by atoms with Gasteiger partial charge >= 0.3 is 5.97 Å². The predicted molar refractivity (Wildman–Crippen MR) is 192 cm³/mol. The molecule has 13 heteroatoms. The van der Waals surface area contributed by atoms with Crippen LogP contribution in [-0.4, -0.2) is 62.4 Å². The molecule has 0 unspecified atom stereocenters. The topological polar surface area (TPSA) is 171 Å². The molecule has 2 heterocycles. The molecule has 0 spiro atoms. The second kappa shape index (κ2) is 15.2. The number of carboxylic acid groups (broad SMARTS) is 1. The molecule has 0 bridgehead atoms. The van der Waals surface area contributed by atoms with Crippen LogP contribution in [0, 0.1) is 0 Å². The lowest BCUT2D eigenvalue weighted by Gasteiger charge is -2.27. The number of nitrogens with zero attached hydrogens (tertiary/aromatic N) is 2. The van der Waals surface area contributed by atoms with E-state index < -0.39 is 37.4 Å². The number of carboxylic acids is 1. The minimum atomic E-state index is -4.66. The Morgan fingerprint density at radius 1 is 1.00 bits per heavy atom. The number of hydrogen-bond donors (Lipinski definition) is 1. The van der Waals surface area contributed by atoms with E-state index >= 15 is 0 Å². The van der Waals surface area contributed by atoms with Crippen molar-refractivity contribution in [1.82, 2.24) is 4.58 Å². The molecule has 1 N–H and O–H groups in total. The summed E-state index contributed by atoms with van der Waals surface area (Å²) in [4.78, 5) is 12.8. The fraction of sp³-hybridized carbons (Fsp3) is 0.459. The van der Waals surface area contributed by atoms with Crippen LogP contribution in [0.25, 0.3) is 17.4 Å². The standard InChI is InChI=1S/C37H48N2O9S2/c1-7-38(20-12-22-49(42,43)44)27-16-18-29-26(23-34(36(2,3)4)48-32(29)24-27)13-11-14-33-37(5,6)30-25-28(50(45,46)47)17-19-31(30)39(33)21-10-8-9-15-35(40)41/h11,13-14,16-19,23-25H,7-10,12,15,20-22H2,1-6H3,(H2-,40,41,42,43,44,45,46,47)/p-1. The summed E-state index contributed by atoms with van der Waals surface area (Å²) in [6, 6.07) is 12.3. The van der Waals surface area contributed by atoms with E-state index in [9.17, 15) is 30.7 Å². The molecule has 0 radical (unpaired) electrons. The van der Waals surface area contributed by atoms with Gasteiger partial charge in [0.15, 0.2) is 0 Å². The first-order chi connectivity index (χ1) is 23.2. The predicted octanol–water partition coefficient (Wildman–Crippen LogP) is 5.65. The van der Waals surface area contributed by atoms with E-state index in [4.69, 9.17) is 9.52 Å². The monoisotopic (exact) mass is 727 g/mol. The average Bonchev–Trinajstić information content (AvgIpc) is 3.22. The van der Waals surface area contributed by atoms with Crippen LogP contribution in [0.2, 0.25) is 0 Å². The molecular formula is C37H47N2O9S2-. The number of hydrogen-bond acceptors (Lipinski definition) is 9. The fourth-order valence-corrected chi connectivity index (χ4v) is 7.30. The van der Waals surface area contributed by atoms with Gasteiger partial charge in [0.1, 0.15) is 34.7 Å². The van der Waals surface area contributed by atoms with Crippen LogP contribution in [0.15, 0.2) is 69.6 Å². The van der Waals surface area contributed by atoms with Crippen molar-refractivity contribution in [3.05, 3.63) is 82.6 Å². The second-order valence-corrected chi connectivity index (χ2v) is 17.1. The SMILES string of the molecule is CC[N+](CCCS(=O)(=O)[O-])=c1ccc2c(C=CC=C3N(CCCCCC(=O)O)c4ccc(S(=O)(=O)[O-])cc4C3(C)C)cc(C(C)(C)C)oc-2c1. The molecule has 0 saturated carbocycles. The quantitative estimate of drug-likeness (QED) is 0.124. The van der Waals surface area contributed by atoms with Gasteiger partial charge in [-0.1, -0.05) is 53.2 Å². The summed E-state index contributed by atoms with van der Waals surface area (Å²) >= 11 is 0. The van der Waals surface area contributed by atoms with Crippen molar-refractivity contribution in [3.63, 3.8) is 0 Å². The first-order valence-electron chi connectivity index (χ1n) is 16.8. The average molecular weight is 728 g/mol. The van der Waals surface area contributed by atoms with Gasteiger partial charge in [0.2, 0.25) is 5.36 Å². The summed E-state index contributed by atoms with van der Waals surface area (Å²) in [5.41, 5.74) is 3.25. The molecule has 4 rings (SSSR count). The highest BCUT2D eigenvalue weighted by molar-refractivity contribution is 7.86. The third-order valence-electron chi connectivity index (χ3n) is 9.05. The Morgan fingerprint density at radius 3 is 2.34 bits per heavy atom. The number of anilines is 1. The molecule has 0 atom stereocenters. The molecule has 1 aromatic rings. The van der Waals surface area contributed by atoms with Gasteiger partial charge in [-0.15, -0.1) is 0 Å². The van der Waals surface area contributed by atoms with Gasteiger partial charge in [0.25, 0.3) is 0 Å². The largest absolute Gasteiger partial charge is 0.748 e. The minimum absolute atomic E-state index is 0.0931. The van der Waals surface area contributed by atoms with Crippen molar-refractivity contribution in [2.45, 2.75) is 89.4 Å². The van der Waals surface area contributed by atoms with E-state index in [1.807, 2.05) is 67.8 Å². The zero-order valence-corrected chi connectivity index (χ0v) is 31.2. The van der Waals surface area contributed by atoms with Crippen molar-refractivity contribution in [2.75, 3.05) is 30.3 Å². The van der Waals surface area contributed by atoms with E-state index in [0.717, 1.165) is 45.6 Å². The summed E-state index contributed by atoms with van der Waals surface area (Å²) in [5, 5.41) is 9.89. The second-order valence-electron chi connectivity index (χ2n) is 14.2. The molecule has 3 aliphatic rings. The number of allylic oxidation sites excluding steroid dienone is 3. The molecule has 11 nitrogen and oxygen atoms in total. The Balaban J connectivity index is 1.77. The lowest BCUT2D eigenvalue weighted by molar-refractivity contribution is -0.137. The summed E-state index contributed by atoms with van der Waals surface area (Å²) in [6.45, 7) is 13.7. The highest BCUT2D eigenvalue weighted by Gasteiger charge is 2.40. The van der Waals surface area contributed by atoms with Gasteiger partial charge in [-0.05, 0) is 67.3 Å². The fourth-order valence-electron chi connectivity index (χ4n) is 6.32. The summed E-state index contributed by atoms with van der Waals surface area (Å²) in [7, 11) is -8.96. The number of unbranched alkanes of at least 4 members (excludes halogenated alkanes) is 2. The number of fused-ring (bicyclic) bond motifs is 2. The van der Waals surface area contributed by atoms with Crippen LogP contribution in [0.4, 0.5) is 5.69 Å². The molecule has 272 valence electrons. The molecule has 1 aliphatic carbocycles. The van der Waals surface area contributed by atoms with Crippen molar-refractivity contribution < 1.29 is 40.3 Å². The van der Waals surface area contributed by atoms with Crippen LogP contribution < -0.4 is 14.8 Å². The van der Waals surface area contributed by atoms with Gasteiger partial charge in [-0.3, -0.25) is 4.79 Å². The molecule has 0 fully saturated rings. The number of carbonyl (C=O) groups is 1. The van der Waals surface area contributed by atoms with Gasteiger partial charge in [-0.2, -0.15) is 0 Å². The number of benzene rings is 2. The Bertz CT molecular complexity index is 2050. The number of aliphatic carboxylic acids is 1. The summed E-state index contributed by atoms with van der Waals surface area (Å²) < 4.78 is 77.6. The Labute approximate surface area is 295 Å². The Hall–Kier alpha value is -3.78. The third-order valence-corrected chi connectivity index (χ3v) is 10.7. The highest BCUT2D eigenvalue weighted by Crippen LogP contribution is 2.48. The van der Waals surface area contributed by atoms with Crippen LogP contribution in [0.3, 0.4) is 0 Å². The Kier molecular flexibility index (Phi) is 11.9. The lowest BCUT2D eigenvalue weighted by Crippen LogP contribution is -2.31. The van der Waals surface area contributed by atoms with Gasteiger partial charge < -0.3 is 23.5 Å². The molecule has 0 saturated heterocycles. The maximum atomic E-state index is 11.9. The lowest BCUT2D eigenvalue weighted by atomic mass is 9.83. The smallest absolute Gasteiger partial charge is 0.303 e.